The zero-order chi connectivity index (χ0) is 15.7. The van der Waals surface area contributed by atoms with Gasteiger partial charge in [-0.15, -0.1) is 11.8 Å². The number of rotatable bonds is 8. The summed E-state index contributed by atoms with van der Waals surface area (Å²) in [5.74, 6) is 1.30. The van der Waals surface area contributed by atoms with Gasteiger partial charge in [-0.2, -0.15) is 0 Å². The zero-order valence-corrected chi connectivity index (χ0v) is 13.8. The lowest BCUT2D eigenvalue weighted by molar-refractivity contribution is 0.424. The van der Waals surface area contributed by atoms with Gasteiger partial charge < -0.3 is 15.7 Å². The lowest BCUT2D eigenvalue weighted by atomic mass is 9.95. The summed E-state index contributed by atoms with van der Waals surface area (Å²) in [7, 11) is 3.67. The Morgan fingerprint density at radius 2 is 2.33 bits per heavy atom. The SMILES string of the molecule is C=C(O)/C(=C\NC)N=C(CNC)C1C=CC(SCC)=CC1. The smallest absolute Gasteiger partial charge is 0.135 e. The van der Waals surface area contributed by atoms with E-state index in [-0.39, 0.29) is 11.7 Å². The van der Waals surface area contributed by atoms with Crippen LogP contribution in [-0.4, -0.2) is 37.2 Å². The first-order chi connectivity index (χ1) is 10.1. The molecule has 1 aliphatic rings. The van der Waals surface area contributed by atoms with Gasteiger partial charge in [-0.3, -0.25) is 4.99 Å². The fraction of sp³-hybridized carbons (Fsp3) is 0.438. The third-order valence-electron chi connectivity index (χ3n) is 3.00. The second-order valence-corrected chi connectivity index (χ2v) is 5.98. The Balaban J connectivity index is 2.91. The Hall–Kier alpha value is -1.46. The van der Waals surface area contributed by atoms with Crippen LogP contribution in [0.4, 0.5) is 0 Å². The summed E-state index contributed by atoms with van der Waals surface area (Å²) in [6.07, 6.45) is 9.18. The van der Waals surface area contributed by atoms with Gasteiger partial charge in [0.2, 0.25) is 0 Å². The van der Waals surface area contributed by atoms with Crippen molar-refractivity contribution in [3.63, 3.8) is 0 Å². The molecule has 1 unspecified atom stereocenters. The molecule has 5 heteroatoms. The monoisotopic (exact) mass is 307 g/mol. The molecular weight excluding hydrogens is 282 g/mol. The second kappa shape index (κ2) is 9.47. The van der Waals surface area contributed by atoms with Crippen molar-refractivity contribution in [2.75, 3.05) is 26.4 Å². The van der Waals surface area contributed by atoms with Crippen LogP contribution in [0.25, 0.3) is 0 Å². The van der Waals surface area contributed by atoms with Crippen LogP contribution in [0.1, 0.15) is 13.3 Å². The summed E-state index contributed by atoms with van der Waals surface area (Å²) in [6.45, 7) is 6.38. The molecule has 0 saturated heterocycles. The summed E-state index contributed by atoms with van der Waals surface area (Å²) in [6, 6.07) is 0. The highest BCUT2D eigenvalue weighted by Crippen LogP contribution is 2.26. The molecule has 0 amide bonds. The van der Waals surface area contributed by atoms with E-state index in [4.69, 9.17) is 0 Å². The molecule has 3 N–H and O–H groups in total. The Bertz CT molecular complexity index is 478. The molecule has 1 aliphatic carbocycles. The standard InChI is InChI=1S/C16H25N3OS/c1-5-21-14-8-6-13(7-9-14)16(11-18-4)19-15(10-17-3)12(2)20/h6,8-10,13,17-18,20H,2,5,7,11H2,1,3-4H3/b15-10+,19-16?. The summed E-state index contributed by atoms with van der Waals surface area (Å²) < 4.78 is 0. The Kier molecular flexibility index (Phi) is 7.93. The van der Waals surface area contributed by atoms with Gasteiger partial charge in [0.15, 0.2) is 0 Å². The molecule has 1 rings (SSSR count). The highest BCUT2D eigenvalue weighted by Gasteiger charge is 2.16. The number of hydrogen-bond acceptors (Lipinski definition) is 5. The molecule has 0 aromatic rings. The third-order valence-corrected chi connectivity index (χ3v) is 3.93. The summed E-state index contributed by atoms with van der Waals surface area (Å²) in [5, 5.41) is 15.6. The number of aliphatic imine (C=N–C) groups is 1. The molecule has 0 spiro atoms. The van der Waals surface area contributed by atoms with Crippen molar-refractivity contribution in [1.82, 2.24) is 10.6 Å². The molecule has 0 aliphatic heterocycles. The van der Waals surface area contributed by atoms with E-state index in [0.29, 0.717) is 12.2 Å². The van der Waals surface area contributed by atoms with Crippen molar-refractivity contribution in [2.24, 2.45) is 10.9 Å². The molecule has 0 bridgehead atoms. The van der Waals surface area contributed by atoms with Gasteiger partial charge in [0.25, 0.3) is 0 Å². The average Bonchev–Trinajstić information content (AvgIpc) is 2.47. The second-order valence-electron chi connectivity index (χ2n) is 4.64. The van der Waals surface area contributed by atoms with E-state index in [2.05, 4.69) is 47.4 Å². The quantitative estimate of drug-likeness (QED) is 0.366. The summed E-state index contributed by atoms with van der Waals surface area (Å²) in [4.78, 5) is 5.88. The molecule has 0 aromatic carbocycles. The van der Waals surface area contributed by atoms with Crippen LogP contribution in [0, 0.1) is 5.92 Å². The maximum absolute atomic E-state index is 9.61. The Labute approximate surface area is 131 Å². The molecule has 0 fully saturated rings. The normalized spacial score (nSPS) is 19.4. The number of aliphatic hydroxyl groups excluding tert-OH is 1. The van der Waals surface area contributed by atoms with Crippen molar-refractivity contribution < 1.29 is 5.11 Å². The predicted molar refractivity (Wildman–Crippen MR) is 93.7 cm³/mol. The first-order valence-electron chi connectivity index (χ1n) is 7.11. The molecule has 0 saturated carbocycles. The van der Waals surface area contributed by atoms with Crippen LogP contribution in [0.3, 0.4) is 0 Å². The van der Waals surface area contributed by atoms with Gasteiger partial charge in [-0.05, 0) is 19.2 Å². The van der Waals surface area contributed by atoms with Gasteiger partial charge in [0, 0.05) is 36.3 Å². The molecular formula is C16H25N3OS. The minimum Gasteiger partial charge on any atom is -0.506 e. The first-order valence-corrected chi connectivity index (χ1v) is 8.09. The van der Waals surface area contributed by atoms with Crippen LogP contribution in [-0.2, 0) is 0 Å². The lowest BCUT2D eigenvalue weighted by Crippen LogP contribution is -2.26. The van der Waals surface area contributed by atoms with Gasteiger partial charge >= 0.3 is 0 Å². The van der Waals surface area contributed by atoms with Crippen molar-refractivity contribution >= 4 is 17.5 Å². The van der Waals surface area contributed by atoms with E-state index in [1.54, 1.807) is 13.2 Å². The number of allylic oxidation sites excluding steroid dienone is 3. The zero-order valence-electron chi connectivity index (χ0n) is 13.0. The summed E-state index contributed by atoms with van der Waals surface area (Å²) >= 11 is 1.85. The van der Waals surface area contributed by atoms with Crippen LogP contribution < -0.4 is 10.6 Å². The van der Waals surface area contributed by atoms with E-state index in [9.17, 15) is 5.11 Å². The number of nitrogens with one attached hydrogen (secondary N) is 2. The largest absolute Gasteiger partial charge is 0.506 e. The van der Waals surface area contributed by atoms with Crippen LogP contribution in [0.2, 0.25) is 0 Å². The fourth-order valence-electron chi connectivity index (χ4n) is 2.03. The van der Waals surface area contributed by atoms with Crippen LogP contribution in [0.15, 0.2) is 52.4 Å². The minimum absolute atomic E-state index is 0.0319. The number of nitrogens with zero attached hydrogens (tertiary/aromatic N) is 1. The minimum atomic E-state index is -0.0319. The van der Waals surface area contributed by atoms with Gasteiger partial charge in [0.1, 0.15) is 11.5 Å². The van der Waals surface area contributed by atoms with Gasteiger partial charge in [-0.25, -0.2) is 0 Å². The van der Waals surface area contributed by atoms with Crippen molar-refractivity contribution in [1.29, 1.82) is 0 Å². The van der Waals surface area contributed by atoms with E-state index in [0.717, 1.165) is 17.9 Å². The van der Waals surface area contributed by atoms with Crippen molar-refractivity contribution in [3.8, 4) is 0 Å². The maximum atomic E-state index is 9.61. The average molecular weight is 307 g/mol. The molecule has 21 heavy (non-hydrogen) atoms. The maximum Gasteiger partial charge on any atom is 0.135 e. The van der Waals surface area contributed by atoms with Gasteiger partial charge in [-0.1, -0.05) is 31.7 Å². The van der Waals surface area contributed by atoms with Crippen molar-refractivity contribution in [3.05, 3.63) is 47.4 Å². The molecule has 0 aromatic heterocycles. The molecule has 0 heterocycles. The van der Waals surface area contributed by atoms with E-state index in [1.807, 2.05) is 18.8 Å². The van der Waals surface area contributed by atoms with E-state index in [1.165, 1.54) is 4.91 Å². The Morgan fingerprint density at radius 1 is 1.57 bits per heavy atom. The number of thioether (sulfide) groups is 1. The van der Waals surface area contributed by atoms with Crippen LogP contribution in [0.5, 0.6) is 0 Å². The molecule has 116 valence electrons. The molecule has 1 atom stereocenters. The topological polar surface area (TPSA) is 56.6 Å². The highest BCUT2D eigenvalue weighted by atomic mass is 32.2. The Morgan fingerprint density at radius 3 is 2.81 bits per heavy atom. The van der Waals surface area contributed by atoms with Gasteiger partial charge in [0.05, 0.1) is 0 Å². The van der Waals surface area contributed by atoms with E-state index >= 15 is 0 Å². The predicted octanol–water partition coefficient (Wildman–Crippen LogP) is 2.99. The third kappa shape index (κ3) is 5.81. The van der Waals surface area contributed by atoms with Crippen molar-refractivity contribution in [2.45, 2.75) is 13.3 Å². The fourth-order valence-corrected chi connectivity index (χ4v) is 2.75. The summed E-state index contributed by atoms with van der Waals surface area (Å²) in [5.41, 5.74) is 1.45. The molecule has 0 radical (unpaired) electrons. The highest BCUT2D eigenvalue weighted by molar-refractivity contribution is 8.03. The lowest BCUT2D eigenvalue weighted by Gasteiger charge is -2.19. The number of aliphatic hydroxyl groups is 1. The van der Waals surface area contributed by atoms with E-state index < -0.39 is 0 Å². The first kappa shape index (κ1) is 17.6. The molecule has 4 nitrogen and oxygen atoms in total. The van der Waals surface area contributed by atoms with Crippen LogP contribution >= 0.6 is 11.8 Å². The number of hydrogen-bond donors (Lipinski definition) is 3.